The number of nitrogens with zero attached hydrogens (tertiary/aromatic N) is 2. The minimum atomic E-state index is -0.711. The Kier molecular flexibility index (Phi) is 3.09. The molecule has 4 nitrogen and oxygen atoms in total. The lowest BCUT2D eigenvalue weighted by Gasteiger charge is -2.35. The number of hydrogen-bond donors (Lipinski definition) is 1. The molecule has 108 valence electrons. The summed E-state index contributed by atoms with van der Waals surface area (Å²) in [6.07, 6.45) is 5.98. The van der Waals surface area contributed by atoms with Gasteiger partial charge in [-0.3, -0.25) is 9.78 Å². The van der Waals surface area contributed by atoms with Crippen molar-refractivity contribution in [2.75, 3.05) is 13.1 Å². The third-order valence-electron chi connectivity index (χ3n) is 4.87. The maximum atomic E-state index is 12.4. The fourth-order valence-electron chi connectivity index (χ4n) is 3.38. The first-order valence-electron chi connectivity index (χ1n) is 7.31. The summed E-state index contributed by atoms with van der Waals surface area (Å²) in [5.41, 5.74) is -0.00623. The molecule has 1 aliphatic carbocycles. The van der Waals surface area contributed by atoms with E-state index in [9.17, 15) is 9.90 Å². The monoisotopic (exact) mass is 274 g/mol. The first kappa shape index (κ1) is 13.6. The Morgan fingerprint density at radius 1 is 1.45 bits per heavy atom. The van der Waals surface area contributed by atoms with Crippen LogP contribution in [0.5, 0.6) is 0 Å². The zero-order valence-electron chi connectivity index (χ0n) is 12.2. The van der Waals surface area contributed by atoms with Gasteiger partial charge in [-0.1, -0.05) is 19.9 Å². The van der Waals surface area contributed by atoms with Gasteiger partial charge in [-0.25, -0.2) is 0 Å². The summed E-state index contributed by atoms with van der Waals surface area (Å²) in [5, 5.41) is 10.9. The molecule has 1 aliphatic heterocycles. The van der Waals surface area contributed by atoms with Crippen LogP contribution in [0.1, 0.15) is 32.3 Å². The van der Waals surface area contributed by atoms with Crippen LogP contribution in [0.2, 0.25) is 0 Å². The van der Waals surface area contributed by atoms with Crippen LogP contribution < -0.4 is 0 Å². The van der Waals surface area contributed by atoms with Gasteiger partial charge in [0.2, 0.25) is 5.91 Å². The molecule has 1 aromatic rings. The van der Waals surface area contributed by atoms with Gasteiger partial charge < -0.3 is 10.0 Å². The highest BCUT2D eigenvalue weighted by atomic mass is 16.3. The van der Waals surface area contributed by atoms with Gasteiger partial charge in [-0.2, -0.15) is 0 Å². The van der Waals surface area contributed by atoms with E-state index in [1.54, 1.807) is 12.4 Å². The average Bonchev–Trinajstić information content (AvgIpc) is 3.19. The van der Waals surface area contributed by atoms with Gasteiger partial charge >= 0.3 is 0 Å². The Hall–Kier alpha value is -1.42. The van der Waals surface area contributed by atoms with E-state index in [-0.39, 0.29) is 11.3 Å². The molecule has 0 radical (unpaired) electrons. The van der Waals surface area contributed by atoms with Crippen molar-refractivity contribution in [1.29, 1.82) is 0 Å². The summed E-state index contributed by atoms with van der Waals surface area (Å²) in [6, 6.07) is 3.76. The molecule has 0 unspecified atom stereocenters. The molecule has 1 saturated heterocycles. The van der Waals surface area contributed by atoms with E-state index in [4.69, 9.17) is 0 Å². The normalized spacial score (nSPS) is 28.6. The van der Waals surface area contributed by atoms with E-state index in [2.05, 4.69) is 18.8 Å². The number of aromatic nitrogens is 1. The summed E-state index contributed by atoms with van der Waals surface area (Å²) in [5.74, 6) is 0.455. The van der Waals surface area contributed by atoms with Gasteiger partial charge in [0.25, 0.3) is 0 Å². The van der Waals surface area contributed by atoms with Crippen LogP contribution in [0.15, 0.2) is 24.5 Å². The molecular formula is C16H22N2O2. The van der Waals surface area contributed by atoms with Crippen LogP contribution >= 0.6 is 0 Å². The molecule has 3 rings (SSSR count). The number of hydrogen-bond acceptors (Lipinski definition) is 3. The molecule has 1 atom stereocenters. The van der Waals surface area contributed by atoms with Gasteiger partial charge in [0, 0.05) is 24.4 Å². The predicted molar refractivity (Wildman–Crippen MR) is 76.0 cm³/mol. The van der Waals surface area contributed by atoms with Crippen molar-refractivity contribution in [3.63, 3.8) is 0 Å². The molecule has 0 bridgehead atoms. The fourth-order valence-corrected chi connectivity index (χ4v) is 3.38. The SMILES string of the molecule is CC1(C)CN(C(=O)Cc2cccnc2)C[C@]1(O)C1CC1. The summed E-state index contributed by atoms with van der Waals surface area (Å²) in [4.78, 5) is 18.3. The molecule has 1 N–H and O–H groups in total. The maximum absolute atomic E-state index is 12.4. The van der Waals surface area contributed by atoms with Crippen molar-refractivity contribution in [3.05, 3.63) is 30.1 Å². The lowest BCUT2D eigenvalue weighted by molar-refractivity contribution is -0.130. The molecule has 2 aliphatic rings. The molecule has 4 heteroatoms. The Labute approximate surface area is 119 Å². The van der Waals surface area contributed by atoms with Crippen molar-refractivity contribution >= 4 is 5.91 Å². The van der Waals surface area contributed by atoms with Crippen LogP contribution in [-0.2, 0) is 11.2 Å². The van der Waals surface area contributed by atoms with Crippen molar-refractivity contribution in [1.82, 2.24) is 9.88 Å². The van der Waals surface area contributed by atoms with Crippen LogP contribution in [0.4, 0.5) is 0 Å². The van der Waals surface area contributed by atoms with Gasteiger partial charge in [-0.05, 0) is 30.4 Å². The Bertz CT molecular complexity index is 510. The summed E-state index contributed by atoms with van der Waals surface area (Å²) in [7, 11) is 0. The van der Waals surface area contributed by atoms with Crippen molar-refractivity contribution in [2.45, 2.75) is 38.7 Å². The van der Waals surface area contributed by atoms with Crippen LogP contribution in [-0.4, -0.2) is 39.6 Å². The first-order chi connectivity index (χ1) is 9.42. The summed E-state index contributed by atoms with van der Waals surface area (Å²) < 4.78 is 0. The lowest BCUT2D eigenvalue weighted by atomic mass is 9.75. The second kappa shape index (κ2) is 4.55. The summed E-state index contributed by atoms with van der Waals surface area (Å²) in [6.45, 7) is 5.26. The van der Waals surface area contributed by atoms with E-state index >= 15 is 0 Å². The number of carbonyl (C=O) groups excluding carboxylic acids is 1. The van der Waals surface area contributed by atoms with E-state index in [0.29, 0.717) is 25.4 Å². The molecule has 1 amide bonds. The molecule has 1 saturated carbocycles. The zero-order valence-corrected chi connectivity index (χ0v) is 12.2. The molecule has 1 aromatic heterocycles. The topological polar surface area (TPSA) is 53.4 Å². The predicted octanol–water partition coefficient (Wildman–Crippen LogP) is 1.63. The highest BCUT2D eigenvalue weighted by Crippen LogP contribution is 2.52. The minimum absolute atomic E-state index is 0.0858. The lowest BCUT2D eigenvalue weighted by Crippen LogP contribution is -2.46. The largest absolute Gasteiger partial charge is 0.387 e. The maximum Gasteiger partial charge on any atom is 0.227 e. The van der Waals surface area contributed by atoms with Crippen molar-refractivity contribution in [2.24, 2.45) is 11.3 Å². The van der Waals surface area contributed by atoms with Gasteiger partial charge in [0.05, 0.1) is 18.6 Å². The van der Waals surface area contributed by atoms with Gasteiger partial charge in [0.15, 0.2) is 0 Å². The third-order valence-corrected chi connectivity index (χ3v) is 4.87. The molecule has 0 spiro atoms. The van der Waals surface area contributed by atoms with E-state index in [1.165, 1.54) is 0 Å². The van der Waals surface area contributed by atoms with E-state index < -0.39 is 5.60 Å². The Morgan fingerprint density at radius 3 is 2.80 bits per heavy atom. The molecule has 0 aromatic carbocycles. The number of likely N-dealkylation sites (tertiary alicyclic amines) is 1. The smallest absolute Gasteiger partial charge is 0.227 e. The van der Waals surface area contributed by atoms with Gasteiger partial charge in [-0.15, -0.1) is 0 Å². The Balaban J connectivity index is 1.71. The number of rotatable bonds is 3. The van der Waals surface area contributed by atoms with Crippen molar-refractivity contribution in [3.8, 4) is 0 Å². The molecule has 2 heterocycles. The molecule has 20 heavy (non-hydrogen) atoms. The van der Waals surface area contributed by atoms with Gasteiger partial charge in [0.1, 0.15) is 0 Å². The standard InChI is InChI=1S/C16H22N2O2/c1-15(2)10-18(11-16(15,20)13-5-6-13)14(19)8-12-4-3-7-17-9-12/h3-4,7,9,13,20H,5-6,8,10-11H2,1-2H3/t16-/m0/s1. The number of pyridine rings is 1. The minimum Gasteiger partial charge on any atom is -0.387 e. The fraction of sp³-hybridized carbons (Fsp3) is 0.625. The second-order valence-corrected chi connectivity index (χ2v) is 6.87. The highest BCUT2D eigenvalue weighted by molar-refractivity contribution is 5.79. The van der Waals surface area contributed by atoms with Crippen LogP contribution in [0.3, 0.4) is 0 Å². The quantitative estimate of drug-likeness (QED) is 0.911. The molecule has 2 fully saturated rings. The average molecular weight is 274 g/mol. The molecular weight excluding hydrogens is 252 g/mol. The summed E-state index contributed by atoms with van der Waals surface area (Å²) >= 11 is 0. The second-order valence-electron chi connectivity index (χ2n) is 6.87. The highest BCUT2D eigenvalue weighted by Gasteiger charge is 2.59. The van der Waals surface area contributed by atoms with Crippen LogP contribution in [0.25, 0.3) is 0 Å². The van der Waals surface area contributed by atoms with E-state index in [1.807, 2.05) is 17.0 Å². The number of β-amino-alcohol motifs (C(OH)–C–C–N with tert-alkyl or cyclic N) is 1. The number of carbonyl (C=O) groups is 1. The third kappa shape index (κ3) is 2.22. The zero-order chi connectivity index (χ0) is 14.4. The first-order valence-corrected chi connectivity index (χ1v) is 7.31. The van der Waals surface area contributed by atoms with Crippen molar-refractivity contribution < 1.29 is 9.90 Å². The van der Waals surface area contributed by atoms with E-state index in [0.717, 1.165) is 18.4 Å². The van der Waals surface area contributed by atoms with Crippen LogP contribution in [0, 0.1) is 11.3 Å². The Morgan fingerprint density at radius 2 is 2.20 bits per heavy atom. The number of amides is 1. The number of aliphatic hydroxyl groups is 1.